The Hall–Kier alpha value is -2.88. The third-order valence-electron chi connectivity index (χ3n) is 4.31. The number of carbonyl (C=O) groups is 2. The van der Waals surface area contributed by atoms with E-state index < -0.39 is 17.4 Å². The maximum Gasteiger partial charge on any atom is 0.324 e. The van der Waals surface area contributed by atoms with Crippen molar-refractivity contribution in [1.82, 2.24) is 0 Å². The molecule has 0 spiro atoms. The molecule has 0 atom stereocenters. The van der Waals surface area contributed by atoms with Crippen LogP contribution in [0.3, 0.4) is 0 Å². The average Bonchev–Trinajstić information content (AvgIpc) is 3.17. The summed E-state index contributed by atoms with van der Waals surface area (Å²) in [5, 5.41) is 0. The van der Waals surface area contributed by atoms with E-state index in [0.717, 1.165) is 11.1 Å². The zero-order valence-electron chi connectivity index (χ0n) is 13.9. The Balaban J connectivity index is 1.63. The second-order valence-corrected chi connectivity index (χ2v) is 6.09. The van der Waals surface area contributed by atoms with E-state index in [2.05, 4.69) is 0 Å². The van der Waals surface area contributed by atoms with Crippen LogP contribution in [0, 0.1) is 5.41 Å². The Kier molecular flexibility index (Phi) is 5.29. The van der Waals surface area contributed by atoms with Crippen molar-refractivity contribution in [3.05, 3.63) is 83.9 Å². The largest absolute Gasteiger partial charge is 0.460 e. The van der Waals surface area contributed by atoms with Gasteiger partial charge in [-0.2, -0.15) is 0 Å². The number of benzene rings is 2. The smallest absolute Gasteiger partial charge is 0.324 e. The van der Waals surface area contributed by atoms with E-state index in [1.165, 1.54) is 0 Å². The Morgan fingerprint density at radius 1 is 0.720 bits per heavy atom. The van der Waals surface area contributed by atoms with Crippen LogP contribution in [-0.2, 0) is 32.3 Å². The van der Waals surface area contributed by atoms with Crippen molar-refractivity contribution in [1.29, 1.82) is 0 Å². The van der Waals surface area contributed by atoms with Crippen LogP contribution in [-0.4, -0.2) is 11.9 Å². The first-order chi connectivity index (χ1) is 12.2. The zero-order chi connectivity index (χ0) is 17.5. The third kappa shape index (κ3) is 3.97. The van der Waals surface area contributed by atoms with Crippen LogP contribution < -0.4 is 0 Å². The summed E-state index contributed by atoms with van der Waals surface area (Å²) in [6.45, 7) is 0.292. The van der Waals surface area contributed by atoms with Gasteiger partial charge in [-0.05, 0) is 24.0 Å². The minimum atomic E-state index is -1.26. The number of rotatable bonds is 6. The lowest BCUT2D eigenvalue weighted by molar-refractivity contribution is -0.173. The predicted molar refractivity (Wildman–Crippen MR) is 93.3 cm³/mol. The predicted octanol–water partition coefficient (Wildman–Crippen LogP) is 3.81. The summed E-state index contributed by atoms with van der Waals surface area (Å²) in [4.78, 5) is 25.3. The van der Waals surface area contributed by atoms with Crippen molar-refractivity contribution < 1.29 is 19.1 Å². The molecule has 0 radical (unpaired) electrons. The molecule has 0 N–H and O–H groups in total. The van der Waals surface area contributed by atoms with E-state index >= 15 is 0 Å². The molecule has 1 aliphatic carbocycles. The van der Waals surface area contributed by atoms with Gasteiger partial charge in [0.05, 0.1) is 0 Å². The fraction of sp³-hybridized carbons (Fsp3) is 0.238. The standard InChI is InChI=1S/C21H20O4/c22-19(24-15-17-9-3-1-4-10-17)21(13-7-8-14-21)20(23)25-16-18-11-5-2-6-12-18/h1-12H,13-16H2. The van der Waals surface area contributed by atoms with Gasteiger partial charge in [0.15, 0.2) is 5.41 Å². The Morgan fingerprint density at radius 3 is 1.52 bits per heavy atom. The maximum absolute atomic E-state index is 12.6. The summed E-state index contributed by atoms with van der Waals surface area (Å²) in [6.07, 6.45) is 4.28. The molecule has 0 unspecified atom stereocenters. The van der Waals surface area contributed by atoms with Gasteiger partial charge < -0.3 is 9.47 Å². The highest BCUT2D eigenvalue weighted by Crippen LogP contribution is 2.36. The van der Waals surface area contributed by atoms with Crippen LogP contribution in [0.1, 0.15) is 24.0 Å². The normalized spacial score (nSPS) is 14.9. The molecular weight excluding hydrogens is 316 g/mol. The monoisotopic (exact) mass is 336 g/mol. The molecule has 0 fully saturated rings. The van der Waals surface area contributed by atoms with Crippen molar-refractivity contribution in [2.24, 2.45) is 5.41 Å². The van der Waals surface area contributed by atoms with Gasteiger partial charge in [-0.3, -0.25) is 9.59 Å². The first-order valence-corrected chi connectivity index (χ1v) is 8.28. The van der Waals surface area contributed by atoms with E-state index in [1.807, 2.05) is 72.8 Å². The van der Waals surface area contributed by atoms with E-state index in [4.69, 9.17) is 9.47 Å². The highest BCUT2D eigenvalue weighted by Gasteiger charge is 2.49. The minimum Gasteiger partial charge on any atom is -0.460 e. The Morgan fingerprint density at radius 2 is 1.12 bits per heavy atom. The van der Waals surface area contributed by atoms with Crippen LogP contribution in [0.5, 0.6) is 0 Å². The molecule has 4 nitrogen and oxygen atoms in total. The molecule has 2 aromatic carbocycles. The molecule has 0 saturated heterocycles. The highest BCUT2D eigenvalue weighted by molar-refractivity contribution is 6.01. The van der Waals surface area contributed by atoms with E-state index in [9.17, 15) is 9.59 Å². The summed E-state index contributed by atoms with van der Waals surface area (Å²) in [7, 11) is 0. The number of hydrogen-bond acceptors (Lipinski definition) is 4. The first-order valence-electron chi connectivity index (χ1n) is 8.28. The fourth-order valence-corrected chi connectivity index (χ4v) is 2.79. The summed E-state index contributed by atoms with van der Waals surface area (Å²) >= 11 is 0. The van der Waals surface area contributed by atoms with Crippen molar-refractivity contribution >= 4 is 11.9 Å². The van der Waals surface area contributed by atoms with Crippen LogP contribution in [0.25, 0.3) is 0 Å². The summed E-state index contributed by atoms with van der Waals surface area (Å²) in [5.41, 5.74) is 0.507. The SMILES string of the molecule is O=C(OCc1ccccc1)C1(C(=O)OCc2ccccc2)CC=CC1. The van der Waals surface area contributed by atoms with Crippen LogP contribution in [0.4, 0.5) is 0 Å². The molecule has 2 aromatic rings. The van der Waals surface area contributed by atoms with Crippen LogP contribution >= 0.6 is 0 Å². The van der Waals surface area contributed by atoms with E-state index in [-0.39, 0.29) is 13.2 Å². The summed E-state index contributed by atoms with van der Waals surface area (Å²) in [5.74, 6) is -1.06. The van der Waals surface area contributed by atoms with E-state index in [1.54, 1.807) is 0 Å². The van der Waals surface area contributed by atoms with Crippen molar-refractivity contribution in [3.8, 4) is 0 Å². The van der Waals surface area contributed by atoms with E-state index in [0.29, 0.717) is 12.8 Å². The summed E-state index contributed by atoms with van der Waals surface area (Å²) < 4.78 is 10.8. The van der Waals surface area contributed by atoms with Gasteiger partial charge in [-0.1, -0.05) is 72.8 Å². The molecule has 0 saturated carbocycles. The lowest BCUT2D eigenvalue weighted by atomic mass is 9.85. The first kappa shape index (κ1) is 17.0. The van der Waals surface area contributed by atoms with Crippen LogP contribution in [0.2, 0.25) is 0 Å². The number of ether oxygens (including phenoxy) is 2. The Labute approximate surface area is 147 Å². The highest BCUT2D eigenvalue weighted by atomic mass is 16.6. The zero-order valence-corrected chi connectivity index (χ0v) is 13.9. The molecule has 0 aliphatic heterocycles. The van der Waals surface area contributed by atoms with Gasteiger partial charge in [0.1, 0.15) is 13.2 Å². The average molecular weight is 336 g/mol. The summed E-state index contributed by atoms with van der Waals surface area (Å²) in [6, 6.07) is 18.8. The second-order valence-electron chi connectivity index (χ2n) is 6.09. The number of carbonyl (C=O) groups excluding carboxylic acids is 2. The van der Waals surface area contributed by atoms with Crippen molar-refractivity contribution in [2.75, 3.05) is 0 Å². The molecule has 128 valence electrons. The maximum atomic E-state index is 12.6. The van der Waals surface area contributed by atoms with Gasteiger partial charge in [0.2, 0.25) is 0 Å². The molecule has 0 heterocycles. The third-order valence-corrected chi connectivity index (χ3v) is 4.31. The van der Waals surface area contributed by atoms with Gasteiger partial charge in [0.25, 0.3) is 0 Å². The lowest BCUT2D eigenvalue weighted by Gasteiger charge is -2.24. The molecule has 0 aromatic heterocycles. The Bertz CT molecular complexity index is 684. The van der Waals surface area contributed by atoms with Crippen molar-refractivity contribution in [2.45, 2.75) is 26.1 Å². The molecule has 3 rings (SSSR count). The molecule has 25 heavy (non-hydrogen) atoms. The molecule has 4 heteroatoms. The van der Waals surface area contributed by atoms with Gasteiger partial charge >= 0.3 is 11.9 Å². The van der Waals surface area contributed by atoms with Gasteiger partial charge in [0, 0.05) is 0 Å². The number of esters is 2. The molecule has 1 aliphatic rings. The quantitative estimate of drug-likeness (QED) is 0.457. The topological polar surface area (TPSA) is 52.6 Å². The second kappa shape index (κ2) is 7.79. The fourth-order valence-electron chi connectivity index (χ4n) is 2.79. The van der Waals surface area contributed by atoms with Gasteiger partial charge in [-0.25, -0.2) is 0 Å². The minimum absolute atomic E-state index is 0.146. The van der Waals surface area contributed by atoms with Crippen molar-refractivity contribution in [3.63, 3.8) is 0 Å². The number of hydrogen-bond donors (Lipinski definition) is 0. The van der Waals surface area contributed by atoms with Crippen LogP contribution in [0.15, 0.2) is 72.8 Å². The number of allylic oxidation sites excluding steroid dienone is 2. The molecule has 0 bridgehead atoms. The molecule has 0 amide bonds. The van der Waals surface area contributed by atoms with Gasteiger partial charge in [-0.15, -0.1) is 0 Å². The lowest BCUT2D eigenvalue weighted by Crippen LogP contribution is -2.39. The molecular formula is C21H20O4.